The average molecular weight is 200 g/mol. The van der Waals surface area contributed by atoms with E-state index in [1.807, 2.05) is 0 Å². The van der Waals surface area contributed by atoms with Gasteiger partial charge in [-0.2, -0.15) is 11.4 Å². The Morgan fingerprint density at radius 2 is 1.90 bits per heavy atom. The minimum absolute atomic E-state index is 0. The van der Waals surface area contributed by atoms with E-state index in [2.05, 4.69) is 0 Å². The van der Waals surface area contributed by atoms with E-state index in [0.29, 0.717) is 0 Å². The Balaban J connectivity index is -0.000000245. The second-order valence-corrected chi connectivity index (χ2v) is 4.31. The fraction of sp³-hybridized carbons (Fsp3) is 1.00. The van der Waals surface area contributed by atoms with Gasteiger partial charge < -0.3 is 14.9 Å². The van der Waals surface area contributed by atoms with Crippen molar-refractivity contribution in [1.82, 2.24) is 0 Å². The van der Waals surface area contributed by atoms with E-state index in [1.54, 1.807) is 6.92 Å². The van der Waals surface area contributed by atoms with Crippen LogP contribution in [-0.2, 0) is 0 Å². The predicted octanol–water partition coefficient (Wildman–Crippen LogP) is -6.94. The number of rotatable bonds is 3. The van der Waals surface area contributed by atoms with Crippen molar-refractivity contribution in [2.45, 2.75) is 12.2 Å². The van der Waals surface area contributed by atoms with Crippen LogP contribution in [-0.4, -0.2) is 17.0 Å². The zero-order valence-electron chi connectivity index (χ0n) is 6.40. The minimum atomic E-state index is -2.39. The quantitative estimate of drug-likeness (QED) is 0.363. The number of hydrogen-bond donors (Lipinski definition) is 1. The molecule has 0 bridgehead atoms. The first-order chi connectivity index (χ1) is 3.66. The third-order valence-electron chi connectivity index (χ3n) is 0.523. The summed E-state index contributed by atoms with van der Waals surface area (Å²) in [4.78, 5) is 19.7. The van der Waals surface area contributed by atoms with E-state index in [4.69, 9.17) is 5.11 Å². The van der Waals surface area contributed by atoms with Gasteiger partial charge in [-0.1, -0.05) is 6.92 Å². The van der Waals surface area contributed by atoms with Crippen LogP contribution in [0.3, 0.4) is 0 Å². The van der Waals surface area contributed by atoms with E-state index >= 15 is 0 Å². The van der Waals surface area contributed by atoms with Crippen LogP contribution in [0.25, 0.3) is 0 Å². The molecule has 1 atom stereocenters. The summed E-state index contributed by atoms with van der Waals surface area (Å²) in [6, 6.07) is 0. The molecular formula is C3H7Na2O3PS. The maximum Gasteiger partial charge on any atom is 1.00 e. The first-order valence-corrected chi connectivity index (χ1v) is 4.75. The van der Waals surface area contributed by atoms with Crippen LogP contribution in [0.4, 0.5) is 0 Å². The largest absolute Gasteiger partial charge is 1.00 e. The fourth-order valence-electron chi connectivity index (χ4n) is 0.180. The van der Waals surface area contributed by atoms with Crippen LogP contribution < -0.4 is 68.9 Å². The van der Waals surface area contributed by atoms with Crippen molar-refractivity contribution in [2.24, 2.45) is 0 Å². The second kappa shape index (κ2) is 11.7. The number of hydrogen-bond acceptors (Lipinski definition) is 4. The molecule has 0 heterocycles. The minimum Gasteiger partial charge on any atom is -0.834 e. The Morgan fingerprint density at radius 3 is 2.00 bits per heavy atom. The molecule has 0 aromatic carbocycles. The summed E-state index contributed by atoms with van der Waals surface area (Å²) in [5, 5.41) is 8.10. The number of aliphatic hydroxyl groups excluding tert-OH is 1. The molecule has 0 rings (SSSR count). The van der Waals surface area contributed by atoms with Crippen LogP contribution in [0.15, 0.2) is 0 Å². The van der Waals surface area contributed by atoms with E-state index in [-0.39, 0.29) is 71.0 Å². The molecule has 7 heteroatoms. The molecule has 0 saturated heterocycles. The maximum atomic E-state index is 9.86. The summed E-state index contributed by atoms with van der Waals surface area (Å²) in [7, 11) is -2.39. The Morgan fingerprint density at radius 1 is 1.50 bits per heavy atom. The molecule has 50 valence electrons. The van der Waals surface area contributed by atoms with E-state index in [1.165, 1.54) is 0 Å². The first kappa shape index (κ1) is 18.4. The van der Waals surface area contributed by atoms with Crippen LogP contribution >= 0.6 is 19.0 Å². The van der Waals surface area contributed by atoms with Crippen molar-refractivity contribution >= 4 is 19.0 Å². The first-order valence-electron chi connectivity index (χ1n) is 2.09. The fourth-order valence-corrected chi connectivity index (χ4v) is 1.62. The predicted molar refractivity (Wildman–Crippen MR) is 31.1 cm³/mol. The third-order valence-corrected chi connectivity index (χ3v) is 2.80. The Labute approximate surface area is 110 Å². The van der Waals surface area contributed by atoms with Crippen LogP contribution in [0.5, 0.6) is 0 Å². The van der Waals surface area contributed by atoms with E-state index in [9.17, 15) is 9.79 Å². The van der Waals surface area contributed by atoms with Gasteiger partial charge in [-0.05, 0) is 0 Å². The molecule has 0 saturated carbocycles. The van der Waals surface area contributed by atoms with E-state index < -0.39 is 7.58 Å². The Bertz CT molecular complexity index is 67.7. The molecule has 0 aromatic rings. The van der Waals surface area contributed by atoms with Crippen LogP contribution in [0.2, 0.25) is 0 Å². The van der Waals surface area contributed by atoms with Gasteiger partial charge in [0.25, 0.3) is 0 Å². The summed E-state index contributed by atoms with van der Waals surface area (Å²) in [6.07, 6.45) is 0. The molecule has 1 N–H and O–H groups in total. The van der Waals surface area contributed by atoms with E-state index in [0.717, 1.165) is 11.4 Å². The zero-order chi connectivity index (χ0) is 6.57. The van der Waals surface area contributed by atoms with Gasteiger partial charge in [-0.15, -0.1) is 0 Å². The molecule has 0 amide bonds. The molecule has 0 aliphatic carbocycles. The zero-order valence-corrected chi connectivity index (χ0v) is 12.1. The summed E-state index contributed by atoms with van der Waals surface area (Å²) >= 11 is 0.758. The smallest absolute Gasteiger partial charge is 0.834 e. The van der Waals surface area contributed by atoms with Gasteiger partial charge in [0.05, 0.1) is 6.61 Å². The van der Waals surface area contributed by atoms with Gasteiger partial charge in [0.1, 0.15) is 0 Å². The summed E-state index contributed by atoms with van der Waals surface area (Å²) in [5.74, 6) is 0. The monoisotopic (exact) mass is 200 g/mol. The average Bonchev–Trinajstić information content (AvgIpc) is 1.65. The van der Waals surface area contributed by atoms with Gasteiger partial charge >= 0.3 is 59.1 Å². The van der Waals surface area contributed by atoms with Crippen LogP contribution in [0.1, 0.15) is 6.92 Å². The van der Waals surface area contributed by atoms with Gasteiger partial charge in [0, 0.05) is 5.25 Å². The number of aliphatic hydroxyl groups is 1. The molecule has 10 heavy (non-hydrogen) atoms. The van der Waals surface area contributed by atoms with Gasteiger partial charge in [0.2, 0.25) is 0 Å². The van der Waals surface area contributed by atoms with Crippen LogP contribution in [0, 0.1) is 0 Å². The molecular weight excluding hydrogens is 193 g/mol. The molecule has 0 radical (unpaired) electrons. The SMILES string of the molecule is CC(CO)SP([O-])[O-].[Na+].[Na+]. The summed E-state index contributed by atoms with van der Waals surface area (Å²) < 4.78 is 0. The van der Waals surface area contributed by atoms with Crippen molar-refractivity contribution in [1.29, 1.82) is 0 Å². The molecule has 0 fully saturated rings. The molecule has 0 aliphatic rings. The molecule has 0 aromatic heterocycles. The van der Waals surface area contributed by atoms with Crippen molar-refractivity contribution in [2.75, 3.05) is 6.61 Å². The molecule has 1 unspecified atom stereocenters. The summed E-state index contributed by atoms with van der Waals surface area (Å²) in [5.41, 5.74) is 0. The van der Waals surface area contributed by atoms with Gasteiger partial charge in [-0.3, -0.25) is 0 Å². The maximum absolute atomic E-state index is 9.86. The Kier molecular flexibility index (Phi) is 21.5. The van der Waals surface area contributed by atoms with Crippen molar-refractivity contribution in [3.63, 3.8) is 0 Å². The summed E-state index contributed by atoms with van der Waals surface area (Å²) in [6.45, 7) is 1.56. The van der Waals surface area contributed by atoms with Gasteiger partial charge in [0.15, 0.2) is 0 Å². The topological polar surface area (TPSA) is 66.3 Å². The second-order valence-electron chi connectivity index (χ2n) is 1.32. The van der Waals surface area contributed by atoms with Crippen molar-refractivity contribution in [3.8, 4) is 0 Å². The third kappa shape index (κ3) is 13.3. The molecule has 0 spiro atoms. The standard InChI is InChI=1S/C3H7O3PS.2Na/c1-3(2-4)8-7(5)6;;/h3-4H,2H2,1H3;;/q-2;2*+1. The Hall–Kier alpha value is 2.66. The molecule has 3 nitrogen and oxygen atoms in total. The van der Waals surface area contributed by atoms with Crippen molar-refractivity contribution < 1.29 is 74.0 Å². The van der Waals surface area contributed by atoms with Crippen molar-refractivity contribution in [3.05, 3.63) is 0 Å². The van der Waals surface area contributed by atoms with Gasteiger partial charge in [-0.25, -0.2) is 7.58 Å². The normalized spacial score (nSPS) is 11.7. The molecule has 0 aliphatic heterocycles.